The summed E-state index contributed by atoms with van der Waals surface area (Å²) in [5.74, 6) is 0. The van der Waals surface area contributed by atoms with Gasteiger partial charge in [0, 0.05) is 4.32 Å². The van der Waals surface area contributed by atoms with Crippen molar-refractivity contribution >= 4 is 15.9 Å². The van der Waals surface area contributed by atoms with E-state index in [1.165, 1.54) is 11.1 Å². The van der Waals surface area contributed by atoms with Crippen LogP contribution in [0, 0.1) is 0 Å². The zero-order valence-corrected chi connectivity index (χ0v) is 10.2. The summed E-state index contributed by atoms with van der Waals surface area (Å²) in [5.41, 5.74) is 2.82. The number of hydrogen-bond donors (Lipinski definition) is 0. The molecule has 0 aliphatic heterocycles. The van der Waals surface area contributed by atoms with Crippen molar-refractivity contribution in [3.63, 3.8) is 0 Å². The maximum absolute atomic E-state index is 3.65. The summed E-state index contributed by atoms with van der Waals surface area (Å²) in [7, 11) is 0. The Labute approximate surface area is 89.5 Å². The molecule has 0 spiro atoms. The second-order valence-corrected chi connectivity index (χ2v) is 6.21. The van der Waals surface area contributed by atoms with Crippen LogP contribution in [0.1, 0.15) is 31.9 Å². The lowest BCUT2D eigenvalue weighted by Gasteiger charge is -2.15. The second kappa shape index (κ2) is 4.28. The average Bonchev–Trinajstić information content (AvgIpc) is 2.03. The van der Waals surface area contributed by atoms with Crippen molar-refractivity contribution in [3.05, 3.63) is 35.4 Å². The molecule has 1 aromatic rings. The Morgan fingerprint density at radius 2 is 1.54 bits per heavy atom. The summed E-state index contributed by atoms with van der Waals surface area (Å²) < 4.78 is 0.209. The molecule has 1 heteroatoms. The van der Waals surface area contributed by atoms with E-state index in [0.717, 1.165) is 12.8 Å². The Morgan fingerprint density at radius 1 is 1.08 bits per heavy atom. The molecule has 0 fully saturated rings. The van der Waals surface area contributed by atoms with Gasteiger partial charge in [-0.2, -0.15) is 0 Å². The van der Waals surface area contributed by atoms with Crippen molar-refractivity contribution in [1.82, 2.24) is 0 Å². The van der Waals surface area contributed by atoms with E-state index in [1.807, 2.05) is 0 Å². The predicted molar refractivity (Wildman–Crippen MR) is 62.5 cm³/mol. The molecule has 0 aliphatic rings. The average molecular weight is 241 g/mol. The minimum Gasteiger partial charge on any atom is -0.0856 e. The van der Waals surface area contributed by atoms with Crippen LogP contribution in [-0.2, 0) is 12.8 Å². The van der Waals surface area contributed by atoms with Crippen molar-refractivity contribution in [2.24, 2.45) is 0 Å². The first kappa shape index (κ1) is 10.8. The summed E-state index contributed by atoms with van der Waals surface area (Å²) in [6.45, 7) is 6.57. The zero-order chi connectivity index (χ0) is 9.90. The van der Waals surface area contributed by atoms with Crippen molar-refractivity contribution < 1.29 is 0 Å². The first-order valence-electron chi connectivity index (χ1n) is 4.78. The number of rotatable bonds is 3. The van der Waals surface area contributed by atoms with Crippen molar-refractivity contribution in [3.8, 4) is 0 Å². The van der Waals surface area contributed by atoms with E-state index in [9.17, 15) is 0 Å². The fourth-order valence-corrected chi connectivity index (χ4v) is 1.70. The highest BCUT2D eigenvalue weighted by Crippen LogP contribution is 2.22. The minimum atomic E-state index is 0.209. The van der Waals surface area contributed by atoms with E-state index >= 15 is 0 Å². The molecule has 0 atom stereocenters. The fraction of sp³-hybridized carbons (Fsp3) is 0.500. The molecule has 0 aromatic heterocycles. The standard InChI is InChI=1S/C12H17Br/c1-4-10-5-7-11(8-6-10)9-12(2,3)13/h5-8H,4,9H2,1-3H3. The Morgan fingerprint density at radius 3 is 1.92 bits per heavy atom. The number of alkyl halides is 1. The van der Waals surface area contributed by atoms with Gasteiger partial charge in [0.2, 0.25) is 0 Å². The molecule has 13 heavy (non-hydrogen) atoms. The normalized spacial score (nSPS) is 11.7. The lowest BCUT2D eigenvalue weighted by Crippen LogP contribution is -2.12. The van der Waals surface area contributed by atoms with Crippen LogP contribution in [-0.4, -0.2) is 4.32 Å². The molecular weight excluding hydrogens is 224 g/mol. The van der Waals surface area contributed by atoms with E-state index in [1.54, 1.807) is 0 Å². The van der Waals surface area contributed by atoms with Crippen LogP contribution in [0.15, 0.2) is 24.3 Å². The van der Waals surface area contributed by atoms with Gasteiger partial charge in [-0.3, -0.25) is 0 Å². The van der Waals surface area contributed by atoms with Crippen molar-refractivity contribution in [2.75, 3.05) is 0 Å². The molecule has 0 saturated heterocycles. The van der Waals surface area contributed by atoms with Gasteiger partial charge in [-0.15, -0.1) is 0 Å². The van der Waals surface area contributed by atoms with Crippen LogP contribution in [0.5, 0.6) is 0 Å². The van der Waals surface area contributed by atoms with Gasteiger partial charge in [0.1, 0.15) is 0 Å². The Kier molecular flexibility index (Phi) is 3.55. The van der Waals surface area contributed by atoms with Gasteiger partial charge in [0.25, 0.3) is 0 Å². The van der Waals surface area contributed by atoms with Crippen molar-refractivity contribution in [1.29, 1.82) is 0 Å². The van der Waals surface area contributed by atoms with Gasteiger partial charge < -0.3 is 0 Å². The lowest BCUT2D eigenvalue weighted by molar-refractivity contribution is 0.724. The molecule has 0 amide bonds. The van der Waals surface area contributed by atoms with E-state index in [4.69, 9.17) is 0 Å². The zero-order valence-electron chi connectivity index (χ0n) is 8.60. The molecule has 72 valence electrons. The molecule has 0 bridgehead atoms. The Bertz CT molecular complexity index is 253. The third kappa shape index (κ3) is 3.95. The van der Waals surface area contributed by atoms with Gasteiger partial charge in [0.15, 0.2) is 0 Å². The second-order valence-electron chi connectivity index (χ2n) is 4.07. The number of benzene rings is 1. The summed E-state index contributed by atoms with van der Waals surface area (Å²) in [4.78, 5) is 0. The van der Waals surface area contributed by atoms with Gasteiger partial charge in [-0.25, -0.2) is 0 Å². The summed E-state index contributed by atoms with van der Waals surface area (Å²) in [6.07, 6.45) is 2.20. The van der Waals surface area contributed by atoms with E-state index in [2.05, 4.69) is 61.0 Å². The molecule has 0 unspecified atom stereocenters. The number of halogens is 1. The quantitative estimate of drug-likeness (QED) is 0.702. The molecular formula is C12H17Br. The van der Waals surface area contributed by atoms with E-state index in [-0.39, 0.29) is 4.32 Å². The van der Waals surface area contributed by atoms with E-state index in [0.29, 0.717) is 0 Å². The Balaban J connectivity index is 2.70. The maximum Gasteiger partial charge on any atom is 0.0242 e. The summed E-state index contributed by atoms with van der Waals surface area (Å²) in [5, 5.41) is 0. The molecule has 0 aliphatic carbocycles. The third-order valence-corrected chi connectivity index (χ3v) is 2.34. The highest BCUT2D eigenvalue weighted by Gasteiger charge is 2.12. The van der Waals surface area contributed by atoms with Crippen LogP contribution in [0.4, 0.5) is 0 Å². The van der Waals surface area contributed by atoms with Crippen LogP contribution in [0.25, 0.3) is 0 Å². The van der Waals surface area contributed by atoms with Crippen molar-refractivity contribution in [2.45, 2.75) is 37.9 Å². The summed E-state index contributed by atoms with van der Waals surface area (Å²) in [6, 6.07) is 8.88. The third-order valence-electron chi connectivity index (χ3n) is 2.06. The van der Waals surface area contributed by atoms with Crippen LogP contribution < -0.4 is 0 Å². The largest absolute Gasteiger partial charge is 0.0856 e. The highest BCUT2D eigenvalue weighted by atomic mass is 79.9. The first-order chi connectivity index (χ1) is 6.01. The molecule has 1 rings (SSSR count). The smallest absolute Gasteiger partial charge is 0.0242 e. The van der Waals surface area contributed by atoms with Gasteiger partial charge in [0.05, 0.1) is 0 Å². The van der Waals surface area contributed by atoms with Gasteiger partial charge in [-0.1, -0.05) is 47.1 Å². The Hall–Kier alpha value is -0.300. The van der Waals surface area contributed by atoms with Gasteiger partial charge >= 0.3 is 0 Å². The van der Waals surface area contributed by atoms with Crippen LogP contribution in [0.3, 0.4) is 0 Å². The predicted octanol–water partition coefficient (Wildman–Crippen LogP) is 3.97. The number of aryl methyl sites for hydroxylation is 1. The lowest BCUT2D eigenvalue weighted by atomic mass is 10.0. The SMILES string of the molecule is CCc1ccc(CC(C)(C)Br)cc1. The molecule has 1 aromatic carbocycles. The van der Waals surface area contributed by atoms with Gasteiger partial charge in [-0.05, 0) is 37.8 Å². The molecule has 0 nitrogen and oxygen atoms in total. The van der Waals surface area contributed by atoms with E-state index < -0.39 is 0 Å². The van der Waals surface area contributed by atoms with Crippen LogP contribution in [0.2, 0.25) is 0 Å². The molecule has 0 N–H and O–H groups in total. The van der Waals surface area contributed by atoms with Crippen LogP contribution >= 0.6 is 15.9 Å². The molecule has 0 heterocycles. The maximum atomic E-state index is 3.65. The summed E-state index contributed by atoms with van der Waals surface area (Å²) >= 11 is 3.65. The monoisotopic (exact) mass is 240 g/mol. The first-order valence-corrected chi connectivity index (χ1v) is 5.57. The fourth-order valence-electron chi connectivity index (χ4n) is 1.38. The minimum absolute atomic E-state index is 0.209. The topological polar surface area (TPSA) is 0 Å². The molecule has 0 saturated carbocycles. The highest BCUT2D eigenvalue weighted by molar-refractivity contribution is 9.10. The number of hydrogen-bond acceptors (Lipinski definition) is 0. The molecule has 0 radical (unpaired) electrons.